The third kappa shape index (κ3) is 6.15. The first-order valence-corrected chi connectivity index (χ1v) is 10.6. The Morgan fingerprint density at radius 3 is 1.91 bits per heavy atom. The Morgan fingerprint density at radius 2 is 1.45 bits per heavy atom. The molecule has 166 valence electrons. The van der Waals surface area contributed by atoms with E-state index in [9.17, 15) is 4.79 Å². The summed E-state index contributed by atoms with van der Waals surface area (Å²) in [6.07, 6.45) is 6.85. The normalized spacial score (nSPS) is 10.1. The number of hydrogen-bond donors (Lipinski definition) is 0. The molecule has 4 heteroatoms. The van der Waals surface area contributed by atoms with Crippen LogP contribution in [0.5, 0.6) is 11.5 Å². The average molecular weight is 438 g/mol. The molecule has 3 aromatic rings. The Kier molecular flexibility index (Phi) is 8.10. The fraction of sp³-hybridized carbons (Fsp3) is 0.138. The summed E-state index contributed by atoms with van der Waals surface area (Å²) < 4.78 is 12.2. The Labute approximate surface area is 195 Å². The lowest BCUT2D eigenvalue weighted by molar-refractivity contribution is 0.0832. The fourth-order valence-corrected chi connectivity index (χ4v) is 3.24. The lowest BCUT2D eigenvalue weighted by Crippen LogP contribution is -2.26. The molecule has 33 heavy (non-hydrogen) atoms. The third-order valence-corrected chi connectivity index (χ3v) is 4.99. The fourth-order valence-electron chi connectivity index (χ4n) is 3.24. The Balaban J connectivity index is 2.00. The number of terminal acetylenes is 1. The lowest BCUT2D eigenvalue weighted by atomic mass is 10.0. The molecule has 0 aromatic heterocycles. The predicted octanol–water partition coefficient (Wildman–Crippen LogP) is 6.10. The van der Waals surface area contributed by atoms with Gasteiger partial charge < -0.3 is 14.4 Å². The molecule has 0 saturated carbocycles. The van der Waals surface area contributed by atoms with Crippen LogP contribution in [0, 0.1) is 12.3 Å². The van der Waals surface area contributed by atoms with Crippen LogP contribution in [0.3, 0.4) is 0 Å². The van der Waals surface area contributed by atoms with Crippen molar-refractivity contribution in [3.05, 3.63) is 114 Å². The molecule has 4 nitrogen and oxygen atoms in total. The van der Waals surface area contributed by atoms with Gasteiger partial charge >= 0.3 is 0 Å². The molecule has 3 aromatic carbocycles. The second-order valence-electron chi connectivity index (χ2n) is 7.49. The minimum Gasteiger partial charge on any atom is -0.488 e. The molecular formula is C29H27NO3. The van der Waals surface area contributed by atoms with Crippen LogP contribution >= 0.6 is 0 Å². The van der Waals surface area contributed by atoms with E-state index < -0.39 is 0 Å². The largest absolute Gasteiger partial charge is 0.488 e. The van der Waals surface area contributed by atoms with Gasteiger partial charge in [-0.2, -0.15) is 0 Å². The van der Waals surface area contributed by atoms with Crippen molar-refractivity contribution in [2.24, 2.45) is 0 Å². The first kappa shape index (κ1) is 23.4. The van der Waals surface area contributed by atoms with Crippen LogP contribution in [0.2, 0.25) is 0 Å². The van der Waals surface area contributed by atoms with E-state index >= 15 is 0 Å². The highest BCUT2D eigenvalue weighted by atomic mass is 16.5. The summed E-state index contributed by atoms with van der Waals surface area (Å²) in [5.74, 6) is 3.18. The number of benzene rings is 3. The van der Waals surface area contributed by atoms with Crippen molar-refractivity contribution in [3.63, 3.8) is 0 Å². The Bertz CT molecular complexity index is 1160. The van der Waals surface area contributed by atoms with Crippen molar-refractivity contribution in [2.45, 2.75) is 20.1 Å². The molecule has 0 radical (unpaired) electrons. The molecule has 1 amide bonds. The standard InChI is InChI=1S/C29H27NO3/c1-5-17-30(6-2)29(31)26-18-25(22(3)4)27(32-20-23-13-9-7-10-14-23)19-28(26)33-21-24-15-11-8-12-16-24/h1,6-16,18-19H,2-3,17,20-21H2,4H3. The minimum atomic E-state index is -0.303. The summed E-state index contributed by atoms with van der Waals surface area (Å²) in [7, 11) is 0. The monoisotopic (exact) mass is 437 g/mol. The smallest absolute Gasteiger partial charge is 0.262 e. The molecule has 0 aliphatic heterocycles. The second-order valence-corrected chi connectivity index (χ2v) is 7.49. The second kappa shape index (κ2) is 11.4. The molecule has 0 saturated heterocycles. The van der Waals surface area contributed by atoms with Gasteiger partial charge in [0.25, 0.3) is 5.91 Å². The number of rotatable bonds is 10. The minimum absolute atomic E-state index is 0.106. The number of allylic oxidation sites excluding steroid dienone is 1. The zero-order valence-electron chi connectivity index (χ0n) is 18.8. The molecule has 3 rings (SSSR count). The van der Waals surface area contributed by atoms with Gasteiger partial charge in [-0.05, 0) is 29.7 Å². The number of hydrogen-bond acceptors (Lipinski definition) is 3. The molecule has 0 spiro atoms. The third-order valence-electron chi connectivity index (χ3n) is 4.99. The van der Waals surface area contributed by atoms with Crippen LogP contribution in [0.25, 0.3) is 5.57 Å². The Morgan fingerprint density at radius 1 is 0.939 bits per heavy atom. The van der Waals surface area contributed by atoms with Crippen LogP contribution in [-0.2, 0) is 13.2 Å². The first-order valence-electron chi connectivity index (χ1n) is 10.6. The van der Waals surface area contributed by atoms with Gasteiger partial charge in [-0.1, -0.05) is 79.7 Å². The van der Waals surface area contributed by atoms with E-state index in [0.29, 0.717) is 30.3 Å². The van der Waals surface area contributed by atoms with Crippen molar-refractivity contribution in [1.82, 2.24) is 4.90 Å². The highest BCUT2D eigenvalue weighted by Crippen LogP contribution is 2.35. The molecule has 0 bridgehead atoms. The molecule has 0 aliphatic carbocycles. The SMILES string of the molecule is C#CCN(C=C)C(=O)c1cc(C(=C)C)c(OCc2ccccc2)cc1OCc1ccccc1. The maximum Gasteiger partial charge on any atom is 0.262 e. The van der Waals surface area contributed by atoms with Crippen molar-refractivity contribution in [1.29, 1.82) is 0 Å². The van der Waals surface area contributed by atoms with Crippen LogP contribution in [-0.4, -0.2) is 17.4 Å². The molecule has 0 atom stereocenters. The quantitative estimate of drug-likeness (QED) is 0.360. The van der Waals surface area contributed by atoms with Crippen LogP contribution in [0.15, 0.2) is 92.2 Å². The topological polar surface area (TPSA) is 38.8 Å². The van der Waals surface area contributed by atoms with E-state index in [2.05, 4.69) is 19.1 Å². The summed E-state index contributed by atoms with van der Waals surface area (Å²) in [6.45, 7) is 10.4. The van der Waals surface area contributed by atoms with E-state index in [1.807, 2.05) is 67.6 Å². The zero-order valence-corrected chi connectivity index (χ0v) is 18.8. The lowest BCUT2D eigenvalue weighted by Gasteiger charge is -2.21. The molecule has 0 aliphatic rings. The van der Waals surface area contributed by atoms with Gasteiger partial charge in [-0.3, -0.25) is 4.79 Å². The molecule has 0 fully saturated rings. The first-order chi connectivity index (χ1) is 16.0. The highest BCUT2D eigenvalue weighted by Gasteiger charge is 2.22. The number of amides is 1. The van der Waals surface area contributed by atoms with Gasteiger partial charge in [0, 0.05) is 17.8 Å². The summed E-state index contributed by atoms with van der Waals surface area (Å²) in [6, 6.07) is 23.1. The van der Waals surface area contributed by atoms with Gasteiger partial charge in [0.05, 0.1) is 12.1 Å². The van der Waals surface area contributed by atoms with Crippen LogP contribution < -0.4 is 9.47 Å². The van der Waals surface area contributed by atoms with Gasteiger partial charge in [0.1, 0.15) is 24.7 Å². The molecular weight excluding hydrogens is 410 g/mol. The van der Waals surface area contributed by atoms with Gasteiger partial charge in [-0.15, -0.1) is 6.42 Å². The van der Waals surface area contributed by atoms with Crippen molar-refractivity contribution >= 4 is 11.5 Å². The maximum absolute atomic E-state index is 13.3. The summed E-state index contributed by atoms with van der Waals surface area (Å²) >= 11 is 0. The number of nitrogens with zero attached hydrogens (tertiary/aromatic N) is 1. The molecule has 0 heterocycles. The number of ether oxygens (including phenoxy) is 2. The van der Waals surface area contributed by atoms with Crippen molar-refractivity contribution < 1.29 is 14.3 Å². The summed E-state index contributed by atoms with van der Waals surface area (Å²) in [5.41, 5.74) is 3.88. The number of carbonyl (C=O) groups excluding carboxylic acids is 1. The van der Waals surface area contributed by atoms with Gasteiger partial charge in [0.15, 0.2) is 0 Å². The van der Waals surface area contributed by atoms with E-state index in [-0.39, 0.29) is 12.5 Å². The van der Waals surface area contributed by atoms with E-state index in [1.165, 1.54) is 11.1 Å². The van der Waals surface area contributed by atoms with Gasteiger partial charge in [-0.25, -0.2) is 0 Å². The summed E-state index contributed by atoms with van der Waals surface area (Å²) in [5, 5.41) is 0. The van der Waals surface area contributed by atoms with Crippen LogP contribution in [0.4, 0.5) is 0 Å². The number of carbonyl (C=O) groups is 1. The zero-order chi connectivity index (χ0) is 23.6. The van der Waals surface area contributed by atoms with E-state index in [4.69, 9.17) is 15.9 Å². The Hall–Kier alpha value is -4.23. The molecule has 0 N–H and O–H groups in total. The van der Waals surface area contributed by atoms with Gasteiger partial charge in [0.2, 0.25) is 0 Å². The highest BCUT2D eigenvalue weighted by molar-refractivity contribution is 5.99. The molecule has 0 unspecified atom stereocenters. The van der Waals surface area contributed by atoms with Crippen molar-refractivity contribution in [2.75, 3.05) is 6.54 Å². The van der Waals surface area contributed by atoms with E-state index in [1.54, 1.807) is 12.1 Å². The average Bonchev–Trinajstić information content (AvgIpc) is 2.85. The maximum atomic E-state index is 13.3. The van der Waals surface area contributed by atoms with Crippen molar-refractivity contribution in [3.8, 4) is 23.8 Å². The predicted molar refractivity (Wildman–Crippen MR) is 133 cm³/mol. The summed E-state index contributed by atoms with van der Waals surface area (Å²) in [4.78, 5) is 14.6. The van der Waals surface area contributed by atoms with E-state index in [0.717, 1.165) is 22.3 Å². The van der Waals surface area contributed by atoms with Crippen LogP contribution in [0.1, 0.15) is 34.0 Å².